The second kappa shape index (κ2) is 12.5. The van der Waals surface area contributed by atoms with Crippen molar-refractivity contribution in [1.82, 2.24) is 15.6 Å². The van der Waals surface area contributed by atoms with E-state index in [4.69, 9.17) is 4.74 Å². The largest absolute Gasteiger partial charge is 0.374 e. The summed E-state index contributed by atoms with van der Waals surface area (Å²) in [6.07, 6.45) is 4.38. The molecule has 5 nitrogen and oxygen atoms in total. The van der Waals surface area contributed by atoms with E-state index in [-0.39, 0.29) is 6.10 Å². The van der Waals surface area contributed by atoms with Gasteiger partial charge in [-0.2, -0.15) is 0 Å². The van der Waals surface area contributed by atoms with Crippen molar-refractivity contribution < 1.29 is 4.74 Å². The Labute approximate surface area is 167 Å². The highest BCUT2D eigenvalue weighted by Crippen LogP contribution is 2.15. The highest BCUT2D eigenvalue weighted by molar-refractivity contribution is 7.09. The average molecular weight is 389 g/mol. The van der Waals surface area contributed by atoms with E-state index in [1.54, 1.807) is 11.3 Å². The van der Waals surface area contributed by atoms with Crippen LogP contribution < -0.4 is 10.6 Å². The van der Waals surface area contributed by atoms with E-state index in [0.29, 0.717) is 0 Å². The van der Waals surface area contributed by atoms with Crippen LogP contribution in [0.4, 0.5) is 0 Å². The standard InChI is InChI=1S/C21H32N4OS/c1-17-16-27-20(25-17)12-7-8-13-23-21(22-3)24-14-9-15-26-18(2)19-10-5-4-6-11-19/h4-6,10-11,16,18H,7-9,12-15H2,1-3H3,(H2,22,23,24). The second-order valence-electron chi connectivity index (χ2n) is 6.54. The van der Waals surface area contributed by atoms with Crippen LogP contribution in [0.5, 0.6) is 0 Å². The molecule has 0 amide bonds. The Morgan fingerprint density at radius 1 is 1.15 bits per heavy atom. The quantitative estimate of drug-likeness (QED) is 0.346. The summed E-state index contributed by atoms with van der Waals surface area (Å²) in [6, 6.07) is 10.3. The molecule has 1 heterocycles. The van der Waals surface area contributed by atoms with Crippen LogP contribution in [0.1, 0.15) is 48.6 Å². The van der Waals surface area contributed by atoms with E-state index >= 15 is 0 Å². The molecule has 0 bridgehead atoms. The van der Waals surface area contributed by atoms with Crippen molar-refractivity contribution >= 4 is 17.3 Å². The van der Waals surface area contributed by atoms with Crippen molar-refractivity contribution in [3.8, 4) is 0 Å². The number of ether oxygens (including phenoxy) is 1. The zero-order valence-electron chi connectivity index (χ0n) is 16.7. The third-order valence-electron chi connectivity index (χ3n) is 4.25. The summed E-state index contributed by atoms with van der Waals surface area (Å²) in [5.74, 6) is 0.858. The number of nitrogens with one attached hydrogen (secondary N) is 2. The summed E-state index contributed by atoms with van der Waals surface area (Å²) in [4.78, 5) is 8.77. The van der Waals surface area contributed by atoms with E-state index in [1.165, 1.54) is 10.6 Å². The maximum atomic E-state index is 5.90. The highest BCUT2D eigenvalue weighted by atomic mass is 32.1. The predicted octanol–water partition coefficient (Wildman–Crippen LogP) is 4.11. The lowest BCUT2D eigenvalue weighted by Gasteiger charge is -2.14. The maximum absolute atomic E-state index is 5.90. The molecule has 2 N–H and O–H groups in total. The first-order valence-corrected chi connectivity index (χ1v) is 10.6. The number of thiazole rings is 1. The van der Waals surface area contributed by atoms with E-state index in [9.17, 15) is 0 Å². The molecule has 0 aliphatic carbocycles. The minimum absolute atomic E-state index is 0.130. The minimum atomic E-state index is 0.130. The lowest BCUT2D eigenvalue weighted by molar-refractivity contribution is 0.0646. The average Bonchev–Trinajstić information content (AvgIpc) is 3.11. The first kappa shape index (κ1) is 21.4. The van der Waals surface area contributed by atoms with Crippen molar-refractivity contribution in [2.24, 2.45) is 4.99 Å². The van der Waals surface area contributed by atoms with E-state index in [2.05, 4.69) is 45.0 Å². The lowest BCUT2D eigenvalue weighted by Crippen LogP contribution is -2.38. The molecular weight excluding hydrogens is 356 g/mol. The van der Waals surface area contributed by atoms with Gasteiger partial charge in [-0.1, -0.05) is 30.3 Å². The topological polar surface area (TPSA) is 58.5 Å². The molecule has 2 aromatic rings. The molecule has 27 heavy (non-hydrogen) atoms. The maximum Gasteiger partial charge on any atom is 0.190 e. The second-order valence-corrected chi connectivity index (χ2v) is 7.49. The zero-order chi connectivity index (χ0) is 19.3. The molecule has 1 unspecified atom stereocenters. The van der Waals surface area contributed by atoms with Crippen molar-refractivity contribution in [2.45, 2.75) is 45.6 Å². The van der Waals surface area contributed by atoms with Crippen molar-refractivity contribution in [2.75, 3.05) is 26.7 Å². The molecule has 0 radical (unpaired) electrons. The van der Waals surface area contributed by atoms with Crippen LogP contribution in [0.25, 0.3) is 0 Å². The van der Waals surface area contributed by atoms with Gasteiger partial charge in [0, 0.05) is 37.8 Å². The van der Waals surface area contributed by atoms with Crippen LogP contribution in [0.2, 0.25) is 0 Å². The Bertz CT molecular complexity index is 672. The molecular formula is C21H32N4OS. The third-order valence-corrected chi connectivity index (χ3v) is 5.28. The van der Waals surface area contributed by atoms with Crippen LogP contribution in [0, 0.1) is 6.92 Å². The van der Waals surface area contributed by atoms with Crippen LogP contribution in [-0.2, 0) is 11.2 Å². The Hall–Kier alpha value is -1.92. The normalized spacial score (nSPS) is 12.8. The summed E-state index contributed by atoms with van der Waals surface area (Å²) in [5, 5.41) is 10.1. The lowest BCUT2D eigenvalue weighted by atomic mass is 10.1. The summed E-state index contributed by atoms with van der Waals surface area (Å²) >= 11 is 1.76. The number of unbranched alkanes of at least 4 members (excludes halogenated alkanes) is 1. The molecule has 6 heteroatoms. The molecule has 2 rings (SSSR count). The van der Waals surface area contributed by atoms with Crippen molar-refractivity contribution in [3.63, 3.8) is 0 Å². The molecule has 0 spiro atoms. The Kier molecular flexibility index (Phi) is 9.87. The number of hydrogen-bond donors (Lipinski definition) is 2. The fraction of sp³-hybridized carbons (Fsp3) is 0.524. The van der Waals surface area contributed by atoms with E-state index < -0.39 is 0 Å². The van der Waals surface area contributed by atoms with E-state index in [1.807, 2.05) is 32.2 Å². The summed E-state index contributed by atoms with van der Waals surface area (Å²) < 4.78 is 5.90. The van der Waals surface area contributed by atoms with Gasteiger partial charge in [-0.05, 0) is 45.1 Å². The molecule has 1 aromatic heterocycles. The first-order chi connectivity index (χ1) is 13.2. The molecule has 1 aromatic carbocycles. The number of nitrogens with zero attached hydrogens (tertiary/aromatic N) is 2. The Morgan fingerprint density at radius 3 is 2.56 bits per heavy atom. The molecule has 0 saturated carbocycles. The van der Waals surface area contributed by atoms with Gasteiger partial charge in [-0.3, -0.25) is 4.99 Å². The Balaban J connectivity index is 1.50. The SMILES string of the molecule is CN=C(NCCCCc1nc(C)cs1)NCCCOC(C)c1ccccc1. The number of rotatable bonds is 11. The number of aromatic nitrogens is 1. The number of benzene rings is 1. The summed E-state index contributed by atoms with van der Waals surface area (Å²) in [5.41, 5.74) is 2.34. The smallest absolute Gasteiger partial charge is 0.190 e. The number of aliphatic imine (C=N–C) groups is 1. The molecule has 0 aliphatic heterocycles. The van der Waals surface area contributed by atoms with Crippen LogP contribution in [0.3, 0.4) is 0 Å². The monoisotopic (exact) mass is 388 g/mol. The molecule has 0 saturated heterocycles. The highest BCUT2D eigenvalue weighted by Gasteiger charge is 2.04. The number of aryl methyl sites for hydroxylation is 2. The van der Waals surface area contributed by atoms with Crippen LogP contribution >= 0.6 is 11.3 Å². The number of guanidine groups is 1. The van der Waals surface area contributed by atoms with Gasteiger partial charge in [-0.15, -0.1) is 11.3 Å². The van der Waals surface area contributed by atoms with Gasteiger partial charge in [0.2, 0.25) is 0 Å². The number of hydrogen-bond acceptors (Lipinski definition) is 4. The van der Waals surface area contributed by atoms with Crippen LogP contribution in [0.15, 0.2) is 40.7 Å². The van der Waals surface area contributed by atoms with Gasteiger partial charge >= 0.3 is 0 Å². The van der Waals surface area contributed by atoms with Gasteiger partial charge in [0.05, 0.1) is 11.1 Å². The Morgan fingerprint density at radius 2 is 1.89 bits per heavy atom. The predicted molar refractivity (Wildman–Crippen MR) is 115 cm³/mol. The van der Waals surface area contributed by atoms with Crippen molar-refractivity contribution in [1.29, 1.82) is 0 Å². The summed E-state index contributed by atoms with van der Waals surface area (Å²) in [7, 11) is 1.81. The van der Waals surface area contributed by atoms with Gasteiger partial charge in [0.15, 0.2) is 5.96 Å². The van der Waals surface area contributed by atoms with Gasteiger partial charge in [0.25, 0.3) is 0 Å². The van der Waals surface area contributed by atoms with Gasteiger partial charge in [-0.25, -0.2) is 4.98 Å². The molecule has 148 valence electrons. The fourth-order valence-corrected chi connectivity index (χ4v) is 3.52. The molecule has 0 aliphatic rings. The molecule has 0 fully saturated rings. The van der Waals surface area contributed by atoms with Crippen molar-refractivity contribution in [3.05, 3.63) is 52.0 Å². The van der Waals surface area contributed by atoms with Gasteiger partial charge < -0.3 is 15.4 Å². The first-order valence-electron chi connectivity index (χ1n) is 9.71. The van der Waals surface area contributed by atoms with Crippen LogP contribution in [-0.4, -0.2) is 37.7 Å². The van der Waals surface area contributed by atoms with E-state index in [0.717, 1.165) is 57.0 Å². The molecule has 1 atom stereocenters. The summed E-state index contributed by atoms with van der Waals surface area (Å²) in [6.45, 7) is 6.64. The van der Waals surface area contributed by atoms with Gasteiger partial charge in [0.1, 0.15) is 0 Å². The zero-order valence-corrected chi connectivity index (χ0v) is 17.5. The fourth-order valence-electron chi connectivity index (χ4n) is 2.71. The third kappa shape index (κ3) is 8.54. The minimum Gasteiger partial charge on any atom is -0.374 e.